The highest BCUT2D eigenvalue weighted by atomic mass is 19.2. The van der Waals surface area contributed by atoms with E-state index in [1.54, 1.807) is 6.07 Å². The third-order valence-electron chi connectivity index (χ3n) is 7.86. The summed E-state index contributed by atoms with van der Waals surface area (Å²) in [4.78, 5) is 0. The van der Waals surface area contributed by atoms with Crippen molar-refractivity contribution in [2.75, 3.05) is 0 Å². The summed E-state index contributed by atoms with van der Waals surface area (Å²) in [5.74, 6) is 1.25. The first-order valence-corrected chi connectivity index (χ1v) is 11.6. The first-order valence-electron chi connectivity index (χ1n) is 11.6. The number of hydrogen-bond acceptors (Lipinski definition) is 0. The molecule has 0 spiro atoms. The van der Waals surface area contributed by atoms with Gasteiger partial charge in [0.1, 0.15) is 11.6 Å². The van der Waals surface area contributed by atoms with E-state index in [2.05, 4.69) is 6.92 Å². The zero-order chi connectivity index (χ0) is 21.3. The Morgan fingerprint density at radius 1 is 0.867 bits per heavy atom. The maximum atomic E-state index is 14.8. The Hall–Kier alpha value is -1.58. The van der Waals surface area contributed by atoms with Crippen molar-refractivity contribution in [1.29, 1.82) is 0 Å². The van der Waals surface area contributed by atoms with Crippen LogP contribution in [-0.4, -0.2) is 12.3 Å². The molecule has 2 fully saturated rings. The minimum absolute atomic E-state index is 0.0735. The van der Waals surface area contributed by atoms with Crippen LogP contribution in [0.5, 0.6) is 0 Å². The van der Waals surface area contributed by atoms with Crippen LogP contribution < -0.4 is 0 Å². The van der Waals surface area contributed by atoms with Crippen LogP contribution in [0.15, 0.2) is 36.2 Å². The predicted octanol–water partition coefficient (Wildman–Crippen LogP) is 8.24. The SMILES string of the molecule is CCC1CCC(C2CCC(c3ccc(C4=CC(F)C(F)C(F)=C4)c(F)c3)CC2)CC1. The summed E-state index contributed by atoms with van der Waals surface area (Å²) >= 11 is 0. The van der Waals surface area contributed by atoms with E-state index in [0.717, 1.165) is 48.3 Å². The summed E-state index contributed by atoms with van der Waals surface area (Å²) in [5, 5.41) is 0. The van der Waals surface area contributed by atoms with Crippen molar-refractivity contribution in [3.63, 3.8) is 0 Å². The highest BCUT2D eigenvalue weighted by Gasteiger charge is 2.32. The Kier molecular flexibility index (Phi) is 6.69. The van der Waals surface area contributed by atoms with Gasteiger partial charge in [-0.15, -0.1) is 0 Å². The van der Waals surface area contributed by atoms with Crippen LogP contribution in [0.1, 0.15) is 81.8 Å². The van der Waals surface area contributed by atoms with Crippen LogP contribution in [-0.2, 0) is 0 Å². The monoisotopic (exact) mass is 420 g/mol. The predicted molar refractivity (Wildman–Crippen MR) is 114 cm³/mol. The lowest BCUT2D eigenvalue weighted by Crippen LogP contribution is -2.25. The van der Waals surface area contributed by atoms with E-state index in [1.807, 2.05) is 6.07 Å². The molecule has 0 bridgehead atoms. The number of allylic oxidation sites excluding steroid dienone is 4. The second-order valence-electron chi connectivity index (χ2n) is 9.54. The molecule has 0 saturated heterocycles. The van der Waals surface area contributed by atoms with E-state index in [-0.39, 0.29) is 11.1 Å². The Morgan fingerprint density at radius 3 is 2.07 bits per heavy atom. The molecule has 0 nitrogen and oxygen atoms in total. The molecule has 3 aliphatic carbocycles. The fraction of sp³-hybridized carbons (Fsp3) is 0.615. The van der Waals surface area contributed by atoms with Gasteiger partial charge in [0, 0.05) is 5.56 Å². The van der Waals surface area contributed by atoms with Crippen molar-refractivity contribution in [2.24, 2.45) is 17.8 Å². The van der Waals surface area contributed by atoms with Gasteiger partial charge in [0.25, 0.3) is 0 Å². The number of hydrogen-bond donors (Lipinski definition) is 0. The third-order valence-corrected chi connectivity index (χ3v) is 7.86. The summed E-state index contributed by atoms with van der Waals surface area (Å²) in [6.07, 6.45) is 8.85. The highest BCUT2D eigenvalue weighted by Crippen LogP contribution is 2.44. The molecule has 4 rings (SSSR count). The molecule has 0 radical (unpaired) electrons. The normalized spacial score (nSPS) is 35.0. The standard InChI is InChI=1S/C26H32F4/c1-2-16-3-5-17(6-4-16)18-7-9-19(10-8-18)20-11-12-22(23(27)13-20)21-14-24(28)26(30)25(29)15-21/h11-19,24,26H,2-10H2,1H3. The van der Waals surface area contributed by atoms with Crippen molar-refractivity contribution in [3.05, 3.63) is 53.1 Å². The van der Waals surface area contributed by atoms with Crippen LogP contribution in [0, 0.1) is 23.6 Å². The zero-order valence-electron chi connectivity index (χ0n) is 17.7. The van der Waals surface area contributed by atoms with E-state index in [4.69, 9.17) is 0 Å². The molecule has 2 unspecified atom stereocenters. The quantitative estimate of drug-likeness (QED) is 0.430. The van der Waals surface area contributed by atoms with Crippen molar-refractivity contribution < 1.29 is 17.6 Å². The summed E-state index contributed by atoms with van der Waals surface area (Å²) in [6.45, 7) is 2.30. The Balaban J connectivity index is 1.38. The lowest BCUT2D eigenvalue weighted by atomic mass is 9.68. The minimum atomic E-state index is -2.29. The van der Waals surface area contributed by atoms with Crippen LogP contribution in [0.4, 0.5) is 17.6 Å². The van der Waals surface area contributed by atoms with Gasteiger partial charge in [-0.05, 0) is 91.6 Å². The summed E-state index contributed by atoms with van der Waals surface area (Å²) in [7, 11) is 0. The van der Waals surface area contributed by atoms with Gasteiger partial charge in [-0.2, -0.15) is 0 Å². The highest BCUT2D eigenvalue weighted by molar-refractivity contribution is 5.76. The summed E-state index contributed by atoms with van der Waals surface area (Å²) in [5.41, 5.74) is 1.17. The van der Waals surface area contributed by atoms with Crippen LogP contribution in [0.25, 0.3) is 5.57 Å². The number of halogens is 4. The van der Waals surface area contributed by atoms with E-state index < -0.39 is 24.0 Å². The average Bonchev–Trinajstić information content (AvgIpc) is 2.77. The van der Waals surface area contributed by atoms with Crippen LogP contribution >= 0.6 is 0 Å². The molecule has 2 atom stereocenters. The van der Waals surface area contributed by atoms with Gasteiger partial charge in [0.05, 0.1) is 0 Å². The molecule has 0 amide bonds. The molecule has 30 heavy (non-hydrogen) atoms. The number of benzene rings is 1. The topological polar surface area (TPSA) is 0 Å². The molecule has 1 aromatic rings. The van der Waals surface area contributed by atoms with E-state index in [1.165, 1.54) is 51.0 Å². The molecule has 0 N–H and O–H groups in total. The number of alkyl halides is 2. The zero-order valence-corrected chi connectivity index (χ0v) is 17.7. The van der Waals surface area contributed by atoms with Gasteiger partial charge >= 0.3 is 0 Å². The molecule has 1 aromatic carbocycles. The van der Waals surface area contributed by atoms with Gasteiger partial charge < -0.3 is 0 Å². The molecule has 0 aromatic heterocycles. The minimum Gasteiger partial charge on any atom is -0.239 e. The molecule has 4 heteroatoms. The molecular weight excluding hydrogens is 388 g/mol. The number of rotatable bonds is 4. The summed E-state index contributed by atoms with van der Waals surface area (Å²) in [6, 6.07) is 4.97. The fourth-order valence-corrected chi connectivity index (χ4v) is 5.86. The van der Waals surface area contributed by atoms with Gasteiger partial charge in [-0.3, -0.25) is 0 Å². The Morgan fingerprint density at radius 2 is 1.50 bits per heavy atom. The third kappa shape index (κ3) is 4.53. The Bertz CT molecular complexity index is 795. The molecule has 3 aliphatic rings. The van der Waals surface area contributed by atoms with Gasteiger partial charge in [-0.1, -0.05) is 38.3 Å². The first kappa shape index (κ1) is 21.6. The lowest BCUT2D eigenvalue weighted by molar-refractivity contribution is 0.158. The van der Waals surface area contributed by atoms with Crippen LogP contribution in [0.3, 0.4) is 0 Å². The van der Waals surface area contributed by atoms with Gasteiger partial charge in [0.2, 0.25) is 0 Å². The van der Waals surface area contributed by atoms with E-state index in [0.29, 0.717) is 5.92 Å². The maximum absolute atomic E-state index is 14.8. The molecule has 0 aliphatic heterocycles. The van der Waals surface area contributed by atoms with Gasteiger partial charge in [0.15, 0.2) is 12.3 Å². The molecule has 2 saturated carbocycles. The second kappa shape index (κ2) is 9.28. The van der Waals surface area contributed by atoms with Crippen molar-refractivity contribution in [2.45, 2.75) is 83.0 Å². The second-order valence-corrected chi connectivity index (χ2v) is 9.54. The maximum Gasteiger partial charge on any atom is 0.186 e. The fourth-order valence-electron chi connectivity index (χ4n) is 5.86. The average molecular weight is 421 g/mol. The van der Waals surface area contributed by atoms with Crippen LogP contribution in [0.2, 0.25) is 0 Å². The van der Waals surface area contributed by atoms with Crippen molar-refractivity contribution in [3.8, 4) is 0 Å². The van der Waals surface area contributed by atoms with E-state index in [9.17, 15) is 17.6 Å². The largest absolute Gasteiger partial charge is 0.239 e. The molecule has 0 heterocycles. The molecule has 164 valence electrons. The van der Waals surface area contributed by atoms with Gasteiger partial charge in [-0.25, -0.2) is 17.6 Å². The van der Waals surface area contributed by atoms with E-state index >= 15 is 0 Å². The van der Waals surface area contributed by atoms with Crippen molar-refractivity contribution >= 4 is 5.57 Å². The lowest BCUT2D eigenvalue weighted by Gasteiger charge is -2.38. The first-order chi connectivity index (χ1) is 14.5. The molecular formula is C26H32F4. The smallest absolute Gasteiger partial charge is 0.186 e. The van der Waals surface area contributed by atoms with Crippen molar-refractivity contribution in [1.82, 2.24) is 0 Å². The Labute approximate surface area is 177 Å². The summed E-state index contributed by atoms with van der Waals surface area (Å²) < 4.78 is 55.3.